The fourth-order valence-corrected chi connectivity index (χ4v) is 0.460. The number of esters is 2. The Morgan fingerprint density at radius 2 is 2.17 bits per heavy atom. The average molecular weight is 191 g/mol. The van der Waals surface area contributed by atoms with E-state index in [4.69, 9.17) is 11.6 Å². The maximum absolute atomic E-state index is 10.1. The maximum Gasteiger partial charge on any atom is 0.357 e. The molecular weight excluding hydrogens is 184 g/mol. The molecule has 0 saturated carbocycles. The lowest BCUT2D eigenvalue weighted by atomic mass is 10.6. The van der Waals surface area contributed by atoms with Crippen LogP contribution in [0, 0.1) is 0 Å². The van der Waals surface area contributed by atoms with Gasteiger partial charge in [0.2, 0.25) is 0 Å². The van der Waals surface area contributed by atoms with Crippen molar-refractivity contribution in [1.82, 2.24) is 0 Å². The summed E-state index contributed by atoms with van der Waals surface area (Å²) in [6.07, 6.45) is 2.31. The zero-order valence-electron chi connectivity index (χ0n) is 6.37. The second-order valence-corrected chi connectivity index (χ2v) is 2.01. The predicted molar refractivity (Wildman–Crippen MR) is 42.2 cm³/mol. The van der Waals surface area contributed by atoms with Crippen molar-refractivity contribution in [2.24, 2.45) is 0 Å². The summed E-state index contributed by atoms with van der Waals surface area (Å²) in [5.74, 6) is -1.46. The Kier molecular flexibility index (Phi) is 4.79. The van der Waals surface area contributed by atoms with Gasteiger partial charge in [0.15, 0.2) is 0 Å². The number of methoxy groups -OCH3 is 1. The van der Waals surface area contributed by atoms with Crippen molar-refractivity contribution in [3.8, 4) is 0 Å². The number of ether oxygens (including phenoxy) is 2. The molecule has 1 aliphatic heterocycles. The summed E-state index contributed by atoms with van der Waals surface area (Å²) in [7, 11) is 1.56. The molecule has 0 fully saturated rings. The molecule has 1 aliphatic rings. The molecule has 66 valence electrons. The Balaban J connectivity index is 0.000000261. The first-order valence-electron chi connectivity index (χ1n) is 2.89. The van der Waals surface area contributed by atoms with Gasteiger partial charge in [-0.2, -0.15) is 0 Å². The highest BCUT2D eigenvalue weighted by Crippen LogP contribution is 2.10. The molecule has 1 rings (SSSR count). The Labute approximate surface area is 74.4 Å². The standard InChI is InChI=1S/C4HClO3.C3H6O/c5-2-1-3(6)8-4(2)7;1-3-4-2/h1H;3H,1H2,2H3. The van der Waals surface area contributed by atoms with Crippen molar-refractivity contribution >= 4 is 23.5 Å². The van der Waals surface area contributed by atoms with Crippen molar-refractivity contribution in [3.63, 3.8) is 0 Å². The second kappa shape index (κ2) is 5.37. The molecule has 12 heavy (non-hydrogen) atoms. The maximum atomic E-state index is 10.1. The third kappa shape index (κ3) is 3.78. The van der Waals surface area contributed by atoms with Crippen LogP contribution in [-0.2, 0) is 19.1 Å². The van der Waals surface area contributed by atoms with Gasteiger partial charge in [-0.3, -0.25) is 0 Å². The van der Waals surface area contributed by atoms with Gasteiger partial charge in [0, 0.05) is 6.08 Å². The third-order valence-corrected chi connectivity index (χ3v) is 1.06. The first kappa shape index (κ1) is 10.7. The van der Waals surface area contributed by atoms with Crippen molar-refractivity contribution in [2.45, 2.75) is 0 Å². The van der Waals surface area contributed by atoms with Crippen LogP contribution in [-0.4, -0.2) is 19.0 Å². The van der Waals surface area contributed by atoms with E-state index in [1.54, 1.807) is 7.11 Å². The monoisotopic (exact) mass is 190 g/mol. The molecule has 0 spiro atoms. The first-order chi connectivity index (χ1) is 5.61. The van der Waals surface area contributed by atoms with Crippen LogP contribution in [0.25, 0.3) is 0 Å². The quantitative estimate of drug-likeness (QED) is 0.351. The van der Waals surface area contributed by atoms with E-state index in [1.165, 1.54) is 6.26 Å². The van der Waals surface area contributed by atoms with Crippen LogP contribution in [0.1, 0.15) is 0 Å². The summed E-state index contributed by atoms with van der Waals surface area (Å²) in [6, 6.07) is 0. The van der Waals surface area contributed by atoms with Crippen molar-refractivity contribution in [1.29, 1.82) is 0 Å². The molecule has 0 amide bonds. The van der Waals surface area contributed by atoms with Gasteiger partial charge in [-0.25, -0.2) is 9.59 Å². The van der Waals surface area contributed by atoms with Crippen LogP contribution in [0.4, 0.5) is 0 Å². The van der Waals surface area contributed by atoms with Gasteiger partial charge in [-0.15, -0.1) is 0 Å². The zero-order valence-corrected chi connectivity index (χ0v) is 7.13. The summed E-state index contributed by atoms with van der Waals surface area (Å²) in [6.45, 7) is 3.26. The van der Waals surface area contributed by atoms with E-state index in [-0.39, 0.29) is 5.03 Å². The summed E-state index contributed by atoms with van der Waals surface area (Å²) < 4.78 is 8.28. The molecule has 4 nitrogen and oxygen atoms in total. The topological polar surface area (TPSA) is 52.6 Å². The Bertz CT molecular complexity index is 232. The summed E-state index contributed by atoms with van der Waals surface area (Å²) in [5.41, 5.74) is 0. The highest BCUT2D eigenvalue weighted by atomic mass is 35.5. The van der Waals surface area contributed by atoms with E-state index >= 15 is 0 Å². The van der Waals surface area contributed by atoms with Crippen LogP contribution in [0.5, 0.6) is 0 Å². The highest BCUT2D eigenvalue weighted by molar-refractivity contribution is 6.44. The molecule has 0 aliphatic carbocycles. The number of carbonyl (C=O) groups excluding carboxylic acids is 2. The minimum atomic E-state index is -0.767. The normalized spacial score (nSPS) is 14.0. The van der Waals surface area contributed by atoms with Gasteiger partial charge in [0.1, 0.15) is 5.03 Å². The molecule has 0 aromatic heterocycles. The number of carbonyl (C=O) groups is 2. The van der Waals surface area contributed by atoms with Gasteiger partial charge >= 0.3 is 11.9 Å². The Morgan fingerprint density at radius 1 is 1.67 bits per heavy atom. The zero-order chi connectivity index (χ0) is 9.56. The van der Waals surface area contributed by atoms with Gasteiger partial charge < -0.3 is 9.47 Å². The molecular formula is C7H7ClO4. The number of halogens is 1. The molecule has 0 saturated heterocycles. The molecule has 0 aromatic rings. The van der Waals surface area contributed by atoms with E-state index in [9.17, 15) is 9.59 Å². The summed E-state index contributed by atoms with van der Waals surface area (Å²) in [5, 5.41) is -0.157. The minimum Gasteiger partial charge on any atom is -0.505 e. The van der Waals surface area contributed by atoms with Gasteiger partial charge in [-0.1, -0.05) is 18.2 Å². The lowest BCUT2D eigenvalue weighted by Gasteiger charge is -1.82. The van der Waals surface area contributed by atoms with Crippen molar-refractivity contribution in [3.05, 3.63) is 23.9 Å². The SMILES string of the molecule is C=COC.O=C1C=C(Cl)C(=O)O1. The van der Waals surface area contributed by atoms with E-state index in [0.717, 1.165) is 6.08 Å². The van der Waals surface area contributed by atoms with Gasteiger partial charge in [0.25, 0.3) is 0 Å². The molecule has 1 heterocycles. The smallest absolute Gasteiger partial charge is 0.357 e. The molecule has 0 atom stereocenters. The highest BCUT2D eigenvalue weighted by Gasteiger charge is 2.20. The fourth-order valence-electron chi connectivity index (χ4n) is 0.332. The van der Waals surface area contributed by atoms with Crippen LogP contribution in [0.3, 0.4) is 0 Å². The van der Waals surface area contributed by atoms with Crippen LogP contribution in [0.2, 0.25) is 0 Å². The van der Waals surface area contributed by atoms with Gasteiger partial charge in [0.05, 0.1) is 13.4 Å². The number of hydrogen-bond donors (Lipinski definition) is 0. The van der Waals surface area contributed by atoms with E-state index in [0.29, 0.717) is 0 Å². The second-order valence-electron chi connectivity index (χ2n) is 1.60. The molecule has 0 unspecified atom stereocenters. The van der Waals surface area contributed by atoms with E-state index in [2.05, 4.69) is 16.1 Å². The van der Waals surface area contributed by atoms with Crippen molar-refractivity contribution < 1.29 is 19.1 Å². The minimum absolute atomic E-state index is 0.157. The van der Waals surface area contributed by atoms with E-state index < -0.39 is 11.9 Å². The van der Waals surface area contributed by atoms with Crippen LogP contribution >= 0.6 is 11.6 Å². The first-order valence-corrected chi connectivity index (χ1v) is 3.26. The Morgan fingerprint density at radius 3 is 2.25 bits per heavy atom. The molecule has 0 radical (unpaired) electrons. The third-order valence-electron chi connectivity index (χ3n) is 0.800. The summed E-state index contributed by atoms with van der Waals surface area (Å²) >= 11 is 5.12. The number of rotatable bonds is 1. The molecule has 0 aromatic carbocycles. The fraction of sp³-hybridized carbons (Fsp3) is 0.143. The van der Waals surface area contributed by atoms with Crippen molar-refractivity contribution in [2.75, 3.05) is 7.11 Å². The lowest BCUT2D eigenvalue weighted by Crippen LogP contribution is -1.98. The largest absolute Gasteiger partial charge is 0.505 e. The predicted octanol–water partition coefficient (Wildman–Crippen LogP) is 0.969. The number of hydrogen-bond acceptors (Lipinski definition) is 4. The summed E-state index contributed by atoms with van der Waals surface area (Å²) in [4.78, 5) is 20.2. The van der Waals surface area contributed by atoms with Gasteiger partial charge in [-0.05, 0) is 0 Å². The molecule has 0 N–H and O–H groups in total. The average Bonchev–Trinajstić information content (AvgIpc) is 2.30. The molecule has 5 heteroatoms. The molecule has 0 bridgehead atoms. The Hall–Kier alpha value is -1.29. The lowest BCUT2D eigenvalue weighted by molar-refractivity contribution is -0.150. The van der Waals surface area contributed by atoms with Crippen LogP contribution < -0.4 is 0 Å². The number of cyclic esters (lactones) is 2. The van der Waals surface area contributed by atoms with Crippen LogP contribution in [0.15, 0.2) is 23.9 Å². The van der Waals surface area contributed by atoms with E-state index in [1.807, 2.05) is 0 Å².